The van der Waals surface area contributed by atoms with Crippen molar-refractivity contribution in [3.8, 4) is 0 Å². The van der Waals surface area contributed by atoms with Gasteiger partial charge in [-0.3, -0.25) is 4.79 Å². The molecular weight excluding hydrogens is 383 g/mol. The number of carboxylic acids is 1. The highest BCUT2D eigenvalue weighted by Crippen LogP contribution is 2.34. The molecule has 0 bridgehead atoms. The first-order chi connectivity index (χ1) is 13.3. The van der Waals surface area contributed by atoms with Crippen LogP contribution in [-0.4, -0.2) is 29.0 Å². The number of fused-ring (bicyclic) bond motifs is 2. The van der Waals surface area contributed by atoms with Crippen molar-refractivity contribution in [3.63, 3.8) is 0 Å². The van der Waals surface area contributed by atoms with Gasteiger partial charge in [0.1, 0.15) is 17.3 Å². The molecule has 2 aromatic heterocycles. The molecule has 4 rings (SSSR count). The molecule has 2 heterocycles. The van der Waals surface area contributed by atoms with Crippen molar-refractivity contribution in [2.24, 2.45) is 0 Å². The molecule has 4 aromatic rings. The Labute approximate surface area is 159 Å². The summed E-state index contributed by atoms with van der Waals surface area (Å²) in [6, 6.07) is 13.8. The highest BCUT2D eigenvalue weighted by molar-refractivity contribution is 7.91. The van der Waals surface area contributed by atoms with Gasteiger partial charge >= 0.3 is 5.97 Å². The van der Waals surface area contributed by atoms with Gasteiger partial charge in [-0.2, -0.15) is 0 Å². The molecule has 0 unspecified atom stereocenters. The molecule has 142 valence electrons. The van der Waals surface area contributed by atoms with Gasteiger partial charge < -0.3 is 9.67 Å². The van der Waals surface area contributed by atoms with Gasteiger partial charge in [-0.1, -0.05) is 18.2 Å². The van der Waals surface area contributed by atoms with Gasteiger partial charge in [0.15, 0.2) is 5.03 Å². The first-order valence-electron chi connectivity index (χ1n) is 8.40. The Morgan fingerprint density at radius 2 is 1.89 bits per heavy atom. The molecule has 0 saturated carbocycles. The molecule has 0 aliphatic rings. The van der Waals surface area contributed by atoms with Crippen LogP contribution in [0, 0.1) is 12.7 Å². The summed E-state index contributed by atoms with van der Waals surface area (Å²) in [4.78, 5) is 15.4. The second-order valence-corrected chi connectivity index (χ2v) is 8.23. The summed E-state index contributed by atoms with van der Waals surface area (Å²) < 4.78 is 42.0. The van der Waals surface area contributed by atoms with Crippen molar-refractivity contribution in [2.75, 3.05) is 0 Å². The summed E-state index contributed by atoms with van der Waals surface area (Å²) in [5, 5.41) is 9.95. The average molecular weight is 398 g/mol. The maximum absolute atomic E-state index is 13.9. The SMILES string of the molecule is Cc1c(S(=O)(=O)c2ccc3ccccc3n2)c2cc(F)ccc2n1CC(=O)O. The van der Waals surface area contributed by atoms with E-state index in [-0.39, 0.29) is 21.0 Å². The summed E-state index contributed by atoms with van der Waals surface area (Å²) in [5.74, 6) is -1.74. The minimum Gasteiger partial charge on any atom is -0.480 e. The van der Waals surface area contributed by atoms with E-state index in [9.17, 15) is 22.7 Å². The third-order valence-corrected chi connectivity index (χ3v) is 6.47. The molecule has 0 fully saturated rings. The fourth-order valence-corrected chi connectivity index (χ4v) is 5.03. The molecule has 0 amide bonds. The third kappa shape index (κ3) is 2.82. The number of pyridine rings is 1. The quantitative estimate of drug-likeness (QED) is 0.568. The lowest BCUT2D eigenvalue weighted by Gasteiger charge is -2.07. The first-order valence-corrected chi connectivity index (χ1v) is 9.88. The number of rotatable bonds is 4. The topological polar surface area (TPSA) is 89.3 Å². The van der Waals surface area contributed by atoms with E-state index in [1.165, 1.54) is 29.7 Å². The predicted octanol–water partition coefficient (Wildman–Crippen LogP) is 3.55. The molecule has 1 N–H and O–H groups in total. The number of nitrogens with zero attached hydrogens (tertiary/aromatic N) is 2. The summed E-state index contributed by atoms with van der Waals surface area (Å²) in [6.45, 7) is 1.07. The molecule has 6 nitrogen and oxygen atoms in total. The van der Waals surface area contributed by atoms with Crippen LogP contribution in [0.1, 0.15) is 5.69 Å². The van der Waals surface area contributed by atoms with E-state index in [0.29, 0.717) is 11.0 Å². The third-order valence-electron chi connectivity index (χ3n) is 4.64. The molecule has 2 aromatic carbocycles. The van der Waals surface area contributed by atoms with E-state index in [4.69, 9.17) is 0 Å². The van der Waals surface area contributed by atoms with Crippen LogP contribution >= 0.6 is 0 Å². The maximum atomic E-state index is 13.9. The normalized spacial score (nSPS) is 11.9. The van der Waals surface area contributed by atoms with Gasteiger partial charge in [-0.25, -0.2) is 17.8 Å². The second kappa shape index (κ2) is 6.42. The predicted molar refractivity (Wildman–Crippen MR) is 101 cm³/mol. The second-order valence-electron chi connectivity index (χ2n) is 6.40. The van der Waals surface area contributed by atoms with Gasteiger partial charge in [0.2, 0.25) is 9.84 Å². The van der Waals surface area contributed by atoms with E-state index in [1.54, 1.807) is 18.2 Å². The van der Waals surface area contributed by atoms with Gasteiger partial charge in [-0.05, 0) is 43.3 Å². The van der Waals surface area contributed by atoms with E-state index >= 15 is 0 Å². The molecular formula is C20H15FN2O4S. The molecule has 0 radical (unpaired) electrons. The number of aliphatic carboxylic acids is 1. The van der Waals surface area contributed by atoms with E-state index in [2.05, 4.69) is 4.98 Å². The van der Waals surface area contributed by atoms with Crippen LogP contribution in [-0.2, 0) is 21.2 Å². The van der Waals surface area contributed by atoms with Crippen LogP contribution in [0.25, 0.3) is 21.8 Å². The fourth-order valence-electron chi connectivity index (χ4n) is 3.40. The molecule has 0 aliphatic carbocycles. The average Bonchev–Trinajstić information content (AvgIpc) is 2.92. The zero-order chi connectivity index (χ0) is 20.1. The summed E-state index contributed by atoms with van der Waals surface area (Å²) >= 11 is 0. The lowest BCUT2D eigenvalue weighted by Crippen LogP contribution is -2.11. The molecule has 0 aliphatic heterocycles. The Kier molecular flexibility index (Phi) is 4.15. The number of hydrogen-bond donors (Lipinski definition) is 1. The number of benzene rings is 2. The Hall–Kier alpha value is -3.26. The van der Waals surface area contributed by atoms with Crippen LogP contribution in [0.5, 0.6) is 0 Å². The largest absolute Gasteiger partial charge is 0.480 e. The van der Waals surface area contributed by atoms with E-state index in [0.717, 1.165) is 11.5 Å². The smallest absolute Gasteiger partial charge is 0.323 e. The van der Waals surface area contributed by atoms with E-state index < -0.39 is 28.2 Å². The van der Waals surface area contributed by atoms with Crippen molar-refractivity contribution in [1.82, 2.24) is 9.55 Å². The summed E-state index contributed by atoms with van der Waals surface area (Å²) in [7, 11) is -4.11. The standard InChI is InChI=1S/C20H15FN2O4S/c1-12-20(15-10-14(21)7-8-17(15)23(12)11-19(24)25)28(26,27)18-9-6-13-4-2-3-5-16(13)22-18/h2-10H,11H2,1H3,(H,24,25). The number of para-hydroxylation sites is 1. The first kappa shape index (κ1) is 18.1. The van der Waals surface area contributed by atoms with Crippen molar-refractivity contribution in [1.29, 1.82) is 0 Å². The minimum absolute atomic E-state index is 0.133. The van der Waals surface area contributed by atoms with E-state index in [1.807, 2.05) is 12.1 Å². The molecule has 0 saturated heterocycles. The number of hydrogen-bond acceptors (Lipinski definition) is 4. The number of aromatic nitrogens is 2. The minimum atomic E-state index is -4.11. The highest BCUT2D eigenvalue weighted by Gasteiger charge is 2.29. The lowest BCUT2D eigenvalue weighted by atomic mass is 10.2. The summed E-state index contributed by atoms with van der Waals surface area (Å²) in [6.07, 6.45) is 0. The van der Waals surface area contributed by atoms with Crippen LogP contribution in [0.3, 0.4) is 0 Å². The number of sulfone groups is 1. The number of halogens is 1. The Morgan fingerprint density at radius 3 is 2.64 bits per heavy atom. The van der Waals surface area contributed by atoms with Crippen LogP contribution in [0.2, 0.25) is 0 Å². The van der Waals surface area contributed by atoms with Crippen LogP contribution in [0.15, 0.2) is 64.5 Å². The zero-order valence-corrected chi connectivity index (χ0v) is 15.6. The van der Waals surface area contributed by atoms with Gasteiger partial charge in [0, 0.05) is 16.5 Å². The fraction of sp³-hybridized carbons (Fsp3) is 0.100. The van der Waals surface area contributed by atoms with Crippen molar-refractivity contribution in [3.05, 3.63) is 66.1 Å². The van der Waals surface area contributed by atoms with Crippen molar-refractivity contribution in [2.45, 2.75) is 23.4 Å². The maximum Gasteiger partial charge on any atom is 0.323 e. The number of carboxylic acid groups (broad SMARTS) is 1. The Morgan fingerprint density at radius 1 is 1.14 bits per heavy atom. The molecule has 28 heavy (non-hydrogen) atoms. The van der Waals surface area contributed by atoms with Gasteiger partial charge in [-0.15, -0.1) is 0 Å². The van der Waals surface area contributed by atoms with Crippen molar-refractivity contribution < 1.29 is 22.7 Å². The number of carbonyl (C=O) groups is 1. The van der Waals surface area contributed by atoms with Crippen LogP contribution < -0.4 is 0 Å². The Balaban J connectivity index is 2.02. The van der Waals surface area contributed by atoms with Crippen LogP contribution in [0.4, 0.5) is 4.39 Å². The summed E-state index contributed by atoms with van der Waals surface area (Å²) in [5.41, 5.74) is 1.07. The van der Waals surface area contributed by atoms with Gasteiger partial charge in [0.05, 0.1) is 11.0 Å². The van der Waals surface area contributed by atoms with Gasteiger partial charge in [0.25, 0.3) is 0 Å². The Bertz CT molecular complexity index is 1360. The molecule has 0 atom stereocenters. The zero-order valence-electron chi connectivity index (χ0n) is 14.8. The lowest BCUT2D eigenvalue weighted by molar-refractivity contribution is -0.137. The monoisotopic (exact) mass is 398 g/mol. The van der Waals surface area contributed by atoms with Crippen molar-refractivity contribution >= 4 is 37.6 Å². The molecule has 8 heteroatoms. The molecule has 0 spiro atoms. The highest BCUT2D eigenvalue weighted by atomic mass is 32.2.